The molecule has 1 heterocycles. The molecule has 1 aromatic rings. The Bertz CT molecular complexity index is 232. The summed E-state index contributed by atoms with van der Waals surface area (Å²) in [5.74, 6) is 0. The third-order valence-corrected chi connectivity index (χ3v) is 2.83. The van der Waals surface area contributed by atoms with Crippen molar-refractivity contribution in [2.24, 2.45) is 0 Å². The van der Waals surface area contributed by atoms with E-state index in [2.05, 4.69) is 0 Å². The van der Waals surface area contributed by atoms with Crippen molar-refractivity contribution in [2.75, 3.05) is 6.61 Å². The van der Waals surface area contributed by atoms with Gasteiger partial charge in [0.25, 0.3) is 0 Å². The monoisotopic (exact) mass is 186 g/mol. The Hall–Kier alpha value is -0.380. The van der Waals surface area contributed by atoms with Crippen LogP contribution in [0.1, 0.15) is 28.7 Å². The Morgan fingerprint density at radius 2 is 2.25 bits per heavy atom. The Balaban J connectivity index is 2.47. The fourth-order valence-corrected chi connectivity index (χ4v) is 1.96. The highest BCUT2D eigenvalue weighted by Crippen LogP contribution is 2.25. The Labute approximate surface area is 76.5 Å². The number of rotatable bonds is 4. The lowest BCUT2D eigenvalue weighted by Crippen LogP contribution is -1.95. The lowest BCUT2D eigenvalue weighted by Gasteiger charge is -2.05. The van der Waals surface area contributed by atoms with Gasteiger partial charge in [0.1, 0.15) is 0 Å². The van der Waals surface area contributed by atoms with Crippen molar-refractivity contribution < 1.29 is 10.2 Å². The lowest BCUT2D eigenvalue weighted by molar-refractivity contribution is 0.155. The van der Waals surface area contributed by atoms with Crippen LogP contribution < -0.4 is 0 Å². The fraction of sp³-hybridized carbons (Fsp3) is 0.556. The van der Waals surface area contributed by atoms with Crippen molar-refractivity contribution in [3.63, 3.8) is 0 Å². The molecule has 68 valence electrons. The van der Waals surface area contributed by atoms with Gasteiger partial charge in [-0.15, -0.1) is 11.3 Å². The normalized spacial score (nSPS) is 13.2. The summed E-state index contributed by atoms with van der Waals surface area (Å²) in [7, 11) is 0. The van der Waals surface area contributed by atoms with Crippen LogP contribution in [0.4, 0.5) is 0 Å². The molecule has 0 radical (unpaired) electrons. The summed E-state index contributed by atoms with van der Waals surface area (Å²) in [5.41, 5.74) is 0. The maximum atomic E-state index is 9.56. The highest BCUT2D eigenvalue weighted by Gasteiger charge is 2.08. The molecule has 0 aromatic carbocycles. The molecule has 0 saturated carbocycles. The van der Waals surface area contributed by atoms with Gasteiger partial charge in [0.15, 0.2) is 0 Å². The highest BCUT2D eigenvalue weighted by molar-refractivity contribution is 7.11. The largest absolute Gasteiger partial charge is 0.396 e. The van der Waals surface area contributed by atoms with Crippen molar-refractivity contribution >= 4 is 11.3 Å². The fourth-order valence-electron chi connectivity index (χ4n) is 1.06. The quantitative estimate of drug-likeness (QED) is 0.753. The minimum Gasteiger partial charge on any atom is -0.396 e. The van der Waals surface area contributed by atoms with Gasteiger partial charge in [-0.3, -0.25) is 0 Å². The number of aliphatic hydroxyl groups excluding tert-OH is 2. The number of hydrogen-bond donors (Lipinski definition) is 2. The average Bonchev–Trinajstić information content (AvgIpc) is 2.47. The predicted molar refractivity (Wildman–Crippen MR) is 50.3 cm³/mol. The van der Waals surface area contributed by atoms with E-state index in [1.165, 1.54) is 4.88 Å². The molecule has 0 aliphatic heterocycles. The summed E-state index contributed by atoms with van der Waals surface area (Å²) in [6.07, 6.45) is 0.921. The van der Waals surface area contributed by atoms with Gasteiger partial charge in [-0.05, 0) is 31.9 Å². The smallest absolute Gasteiger partial charge is 0.0882 e. The summed E-state index contributed by atoms with van der Waals surface area (Å²) in [4.78, 5) is 2.22. The van der Waals surface area contributed by atoms with E-state index in [0.717, 1.165) is 4.88 Å². The Morgan fingerprint density at radius 1 is 1.50 bits per heavy atom. The Kier molecular flexibility index (Phi) is 3.72. The van der Waals surface area contributed by atoms with Crippen molar-refractivity contribution in [2.45, 2.75) is 25.9 Å². The SMILES string of the molecule is Cc1ccc(C(O)CCCO)s1. The van der Waals surface area contributed by atoms with E-state index >= 15 is 0 Å². The van der Waals surface area contributed by atoms with Crippen molar-refractivity contribution in [1.82, 2.24) is 0 Å². The van der Waals surface area contributed by atoms with Crippen LogP contribution in [0, 0.1) is 6.92 Å². The number of thiophene rings is 1. The second-order valence-corrected chi connectivity index (χ2v) is 4.15. The van der Waals surface area contributed by atoms with Gasteiger partial charge in [0, 0.05) is 16.4 Å². The minimum atomic E-state index is -0.393. The zero-order valence-corrected chi connectivity index (χ0v) is 7.97. The first-order chi connectivity index (χ1) is 5.74. The van der Waals surface area contributed by atoms with Crippen LogP contribution >= 0.6 is 11.3 Å². The molecular formula is C9H14O2S. The second kappa shape index (κ2) is 4.60. The van der Waals surface area contributed by atoms with Gasteiger partial charge < -0.3 is 10.2 Å². The van der Waals surface area contributed by atoms with Gasteiger partial charge in [-0.2, -0.15) is 0 Å². The molecule has 0 fully saturated rings. The van der Waals surface area contributed by atoms with Gasteiger partial charge in [-0.1, -0.05) is 0 Å². The molecule has 3 heteroatoms. The molecule has 0 aliphatic rings. The first-order valence-corrected chi connectivity index (χ1v) is 4.91. The molecule has 1 rings (SSSR count). The Morgan fingerprint density at radius 3 is 2.75 bits per heavy atom. The zero-order chi connectivity index (χ0) is 8.97. The van der Waals surface area contributed by atoms with Crippen LogP contribution in [0.2, 0.25) is 0 Å². The summed E-state index contributed by atoms with van der Waals surface area (Å²) in [6.45, 7) is 2.17. The molecule has 0 amide bonds. The van der Waals surface area contributed by atoms with Crippen LogP contribution in [0.25, 0.3) is 0 Å². The molecule has 0 aliphatic carbocycles. The van der Waals surface area contributed by atoms with Crippen molar-refractivity contribution in [1.29, 1.82) is 0 Å². The van der Waals surface area contributed by atoms with Gasteiger partial charge in [-0.25, -0.2) is 0 Å². The lowest BCUT2D eigenvalue weighted by atomic mass is 10.2. The van der Waals surface area contributed by atoms with Crippen LogP contribution in [0.3, 0.4) is 0 Å². The summed E-state index contributed by atoms with van der Waals surface area (Å²) >= 11 is 1.61. The molecule has 1 unspecified atom stereocenters. The number of hydrogen-bond acceptors (Lipinski definition) is 3. The van der Waals surface area contributed by atoms with E-state index in [4.69, 9.17) is 5.11 Å². The average molecular weight is 186 g/mol. The molecule has 2 N–H and O–H groups in total. The summed E-state index contributed by atoms with van der Waals surface area (Å²) in [5, 5.41) is 18.1. The van der Waals surface area contributed by atoms with Crippen LogP contribution in [0.5, 0.6) is 0 Å². The van der Waals surface area contributed by atoms with Crippen LogP contribution in [0.15, 0.2) is 12.1 Å². The predicted octanol–water partition coefficient (Wildman–Crippen LogP) is 1.86. The maximum absolute atomic E-state index is 9.56. The molecule has 2 nitrogen and oxygen atoms in total. The van der Waals surface area contributed by atoms with E-state index in [1.54, 1.807) is 11.3 Å². The third kappa shape index (κ3) is 2.59. The molecular weight excluding hydrogens is 172 g/mol. The summed E-state index contributed by atoms with van der Waals surface area (Å²) in [6, 6.07) is 3.95. The number of aryl methyl sites for hydroxylation is 1. The van der Waals surface area contributed by atoms with Crippen LogP contribution in [-0.4, -0.2) is 16.8 Å². The van der Waals surface area contributed by atoms with E-state index in [0.29, 0.717) is 12.8 Å². The zero-order valence-electron chi connectivity index (χ0n) is 7.16. The molecule has 1 aromatic heterocycles. The first kappa shape index (κ1) is 9.71. The van der Waals surface area contributed by atoms with E-state index in [-0.39, 0.29) is 6.61 Å². The first-order valence-electron chi connectivity index (χ1n) is 4.09. The van der Waals surface area contributed by atoms with E-state index in [1.807, 2.05) is 19.1 Å². The molecule has 0 spiro atoms. The van der Waals surface area contributed by atoms with E-state index in [9.17, 15) is 5.11 Å². The third-order valence-electron chi connectivity index (χ3n) is 1.73. The van der Waals surface area contributed by atoms with Gasteiger partial charge in [0.2, 0.25) is 0 Å². The highest BCUT2D eigenvalue weighted by atomic mass is 32.1. The van der Waals surface area contributed by atoms with E-state index < -0.39 is 6.10 Å². The van der Waals surface area contributed by atoms with Crippen molar-refractivity contribution in [3.05, 3.63) is 21.9 Å². The summed E-state index contributed by atoms with van der Waals surface area (Å²) < 4.78 is 0. The van der Waals surface area contributed by atoms with Crippen molar-refractivity contribution in [3.8, 4) is 0 Å². The molecule has 12 heavy (non-hydrogen) atoms. The van der Waals surface area contributed by atoms with Crippen LogP contribution in [-0.2, 0) is 0 Å². The van der Waals surface area contributed by atoms with Gasteiger partial charge >= 0.3 is 0 Å². The number of aliphatic hydroxyl groups is 2. The topological polar surface area (TPSA) is 40.5 Å². The van der Waals surface area contributed by atoms with Gasteiger partial charge in [0.05, 0.1) is 6.10 Å². The second-order valence-electron chi connectivity index (χ2n) is 2.83. The molecule has 0 bridgehead atoms. The maximum Gasteiger partial charge on any atom is 0.0882 e. The minimum absolute atomic E-state index is 0.154. The standard InChI is InChI=1S/C9H14O2S/c1-7-4-5-9(12-7)8(11)3-2-6-10/h4-5,8,10-11H,2-3,6H2,1H3. The molecule has 1 atom stereocenters. The molecule has 0 saturated heterocycles.